The van der Waals surface area contributed by atoms with Crippen LogP contribution in [0, 0.1) is 0 Å². The zero-order chi connectivity index (χ0) is 12.8. The smallest absolute Gasteiger partial charge is 0.337 e. The fourth-order valence-electron chi connectivity index (χ4n) is 1.51. The van der Waals surface area contributed by atoms with Crippen molar-refractivity contribution < 1.29 is 19.4 Å². The van der Waals surface area contributed by atoms with Gasteiger partial charge >= 0.3 is 5.97 Å². The van der Waals surface area contributed by atoms with Crippen molar-refractivity contribution in [1.82, 2.24) is 0 Å². The summed E-state index contributed by atoms with van der Waals surface area (Å²) in [5, 5.41) is 8.87. The predicted molar refractivity (Wildman–Crippen MR) is 63.3 cm³/mol. The number of anilines is 1. The molecule has 0 aliphatic carbocycles. The number of ether oxygens (including phenoxy) is 1. The van der Waals surface area contributed by atoms with E-state index in [4.69, 9.17) is 15.6 Å². The summed E-state index contributed by atoms with van der Waals surface area (Å²) in [6.45, 7) is 0.490. The summed E-state index contributed by atoms with van der Waals surface area (Å²) in [6.07, 6.45) is 0.882. The van der Waals surface area contributed by atoms with Gasteiger partial charge in [-0.25, -0.2) is 4.79 Å². The number of hydrogen-bond acceptors (Lipinski definition) is 4. The lowest BCUT2D eigenvalue weighted by atomic mass is 10.0. The van der Waals surface area contributed by atoms with Crippen molar-refractivity contribution in [2.75, 3.05) is 19.5 Å². The monoisotopic (exact) mass is 237 g/mol. The molecule has 0 aliphatic rings. The third kappa shape index (κ3) is 3.29. The summed E-state index contributed by atoms with van der Waals surface area (Å²) in [7, 11) is 1.56. The molecule has 0 atom stereocenters. The number of nitrogens with two attached hydrogens (primary N) is 1. The molecule has 1 aromatic rings. The number of benzene rings is 1. The minimum Gasteiger partial charge on any atom is -0.478 e. The lowest BCUT2D eigenvalue weighted by molar-refractivity contribution is 0.0698. The first kappa shape index (κ1) is 13.2. The van der Waals surface area contributed by atoms with Crippen molar-refractivity contribution in [3.05, 3.63) is 29.3 Å². The fraction of sp³-hybridized carbons (Fsp3) is 0.333. The van der Waals surface area contributed by atoms with E-state index in [-0.39, 0.29) is 22.6 Å². The van der Waals surface area contributed by atoms with Gasteiger partial charge in [0, 0.05) is 25.7 Å². The Morgan fingerprint density at radius 2 is 2.00 bits per heavy atom. The van der Waals surface area contributed by atoms with Crippen LogP contribution in [-0.4, -0.2) is 30.6 Å². The fourth-order valence-corrected chi connectivity index (χ4v) is 1.51. The summed E-state index contributed by atoms with van der Waals surface area (Å²) >= 11 is 0. The second-order valence-corrected chi connectivity index (χ2v) is 3.59. The van der Waals surface area contributed by atoms with Crippen LogP contribution in [0.25, 0.3) is 0 Å². The van der Waals surface area contributed by atoms with E-state index in [1.54, 1.807) is 7.11 Å². The lowest BCUT2D eigenvalue weighted by Crippen LogP contribution is -2.10. The number of aromatic carboxylic acids is 1. The lowest BCUT2D eigenvalue weighted by Gasteiger charge is -2.07. The molecule has 0 saturated carbocycles. The maximum atomic E-state index is 11.8. The van der Waals surface area contributed by atoms with E-state index in [0.29, 0.717) is 19.4 Å². The molecule has 0 amide bonds. The van der Waals surface area contributed by atoms with Crippen molar-refractivity contribution in [3.63, 3.8) is 0 Å². The van der Waals surface area contributed by atoms with Crippen LogP contribution in [0.5, 0.6) is 0 Å². The van der Waals surface area contributed by atoms with E-state index < -0.39 is 5.97 Å². The first-order valence-electron chi connectivity index (χ1n) is 5.22. The molecule has 0 heterocycles. The predicted octanol–water partition coefficient (Wildman–Crippen LogP) is 1.58. The number of carbonyl (C=O) groups excluding carboxylic acids is 1. The van der Waals surface area contributed by atoms with Gasteiger partial charge in [0.2, 0.25) is 0 Å². The standard InChI is InChI=1S/C12H15NO4/c1-17-7-3-6-10(14)8-4-2-5-9(11(8)13)12(15)16/h2,4-5H,3,6-7,13H2,1H3,(H,15,16). The third-order valence-corrected chi connectivity index (χ3v) is 2.39. The Kier molecular flexibility index (Phi) is 4.66. The largest absolute Gasteiger partial charge is 0.478 e. The number of rotatable bonds is 6. The second-order valence-electron chi connectivity index (χ2n) is 3.59. The molecule has 1 aromatic carbocycles. The quantitative estimate of drug-likeness (QED) is 0.445. The molecule has 0 spiro atoms. The van der Waals surface area contributed by atoms with Crippen LogP contribution in [-0.2, 0) is 4.74 Å². The molecule has 0 radical (unpaired) electrons. The van der Waals surface area contributed by atoms with Gasteiger partial charge in [0.1, 0.15) is 0 Å². The molecule has 1 rings (SSSR count). The van der Waals surface area contributed by atoms with E-state index in [2.05, 4.69) is 0 Å². The molecule has 5 heteroatoms. The highest BCUT2D eigenvalue weighted by Gasteiger charge is 2.15. The molecule has 0 aliphatic heterocycles. The maximum absolute atomic E-state index is 11.8. The van der Waals surface area contributed by atoms with Crippen LogP contribution < -0.4 is 5.73 Å². The van der Waals surface area contributed by atoms with Crippen LogP contribution in [0.1, 0.15) is 33.6 Å². The summed E-state index contributed by atoms with van der Waals surface area (Å²) in [5.74, 6) is -1.29. The van der Waals surface area contributed by atoms with Crippen LogP contribution in [0.3, 0.4) is 0 Å². The SMILES string of the molecule is COCCCC(=O)c1cccc(C(=O)O)c1N. The average molecular weight is 237 g/mol. The number of ketones is 1. The molecule has 0 aromatic heterocycles. The van der Waals surface area contributed by atoms with Crippen molar-refractivity contribution >= 4 is 17.4 Å². The van der Waals surface area contributed by atoms with Gasteiger partial charge in [0.25, 0.3) is 0 Å². The van der Waals surface area contributed by atoms with Crippen molar-refractivity contribution in [1.29, 1.82) is 0 Å². The zero-order valence-corrected chi connectivity index (χ0v) is 9.60. The summed E-state index contributed by atoms with van der Waals surface area (Å²) in [6, 6.07) is 4.43. The van der Waals surface area contributed by atoms with Crippen molar-refractivity contribution in [2.24, 2.45) is 0 Å². The minimum absolute atomic E-state index is 0.0300. The highest BCUT2D eigenvalue weighted by molar-refractivity contribution is 6.06. The Morgan fingerprint density at radius 1 is 1.35 bits per heavy atom. The van der Waals surface area contributed by atoms with E-state index in [1.165, 1.54) is 18.2 Å². The normalized spacial score (nSPS) is 10.2. The van der Waals surface area contributed by atoms with E-state index >= 15 is 0 Å². The third-order valence-electron chi connectivity index (χ3n) is 2.39. The molecule has 17 heavy (non-hydrogen) atoms. The Balaban J connectivity index is 2.87. The first-order chi connectivity index (χ1) is 8.07. The second kappa shape index (κ2) is 6.00. The highest BCUT2D eigenvalue weighted by Crippen LogP contribution is 2.19. The van der Waals surface area contributed by atoms with Gasteiger partial charge in [0.15, 0.2) is 5.78 Å². The van der Waals surface area contributed by atoms with Crippen LogP contribution in [0.4, 0.5) is 5.69 Å². The number of methoxy groups -OCH3 is 1. The van der Waals surface area contributed by atoms with Gasteiger partial charge < -0.3 is 15.6 Å². The summed E-state index contributed by atoms with van der Waals surface area (Å²) in [5.41, 5.74) is 5.91. The number of Topliss-reactive ketones (excluding diaryl/α,β-unsaturated/α-hetero) is 1. The molecule has 0 unspecified atom stereocenters. The Hall–Kier alpha value is -1.88. The number of carboxylic acids is 1. The highest BCUT2D eigenvalue weighted by atomic mass is 16.5. The van der Waals surface area contributed by atoms with Crippen molar-refractivity contribution in [2.45, 2.75) is 12.8 Å². The Labute approximate surface area is 99.2 Å². The molecule has 3 N–H and O–H groups in total. The molecule has 0 saturated heterocycles. The first-order valence-corrected chi connectivity index (χ1v) is 5.22. The molecule has 0 fully saturated rings. The van der Waals surface area contributed by atoms with Crippen LogP contribution >= 0.6 is 0 Å². The van der Waals surface area contributed by atoms with Crippen LogP contribution in [0.15, 0.2) is 18.2 Å². The number of para-hydroxylation sites is 1. The number of carbonyl (C=O) groups is 2. The summed E-state index contributed by atoms with van der Waals surface area (Å²) in [4.78, 5) is 22.6. The van der Waals surface area contributed by atoms with Gasteiger partial charge in [0.05, 0.1) is 11.3 Å². The molecular weight excluding hydrogens is 222 g/mol. The minimum atomic E-state index is -1.13. The molecular formula is C12H15NO4. The number of nitrogen functional groups attached to an aromatic ring is 1. The topological polar surface area (TPSA) is 89.6 Å². The van der Waals surface area contributed by atoms with Gasteiger partial charge in [-0.2, -0.15) is 0 Å². The average Bonchev–Trinajstić information content (AvgIpc) is 2.29. The maximum Gasteiger partial charge on any atom is 0.337 e. The van der Waals surface area contributed by atoms with Gasteiger partial charge in [-0.3, -0.25) is 4.79 Å². The van der Waals surface area contributed by atoms with Crippen LogP contribution in [0.2, 0.25) is 0 Å². The zero-order valence-electron chi connectivity index (χ0n) is 9.60. The van der Waals surface area contributed by atoms with Gasteiger partial charge in [-0.1, -0.05) is 6.07 Å². The number of carboxylic acid groups (broad SMARTS) is 1. The summed E-state index contributed by atoms with van der Waals surface area (Å²) < 4.78 is 4.84. The Bertz CT molecular complexity index is 429. The van der Waals surface area contributed by atoms with Gasteiger partial charge in [-0.15, -0.1) is 0 Å². The number of hydrogen-bond donors (Lipinski definition) is 2. The van der Waals surface area contributed by atoms with E-state index in [0.717, 1.165) is 0 Å². The molecule has 92 valence electrons. The van der Waals surface area contributed by atoms with Gasteiger partial charge in [-0.05, 0) is 18.6 Å². The van der Waals surface area contributed by atoms with E-state index in [9.17, 15) is 9.59 Å². The Morgan fingerprint density at radius 3 is 2.59 bits per heavy atom. The van der Waals surface area contributed by atoms with Crippen molar-refractivity contribution in [3.8, 4) is 0 Å². The molecule has 5 nitrogen and oxygen atoms in total. The van der Waals surface area contributed by atoms with E-state index in [1.807, 2.05) is 0 Å². The molecule has 0 bridgehead atoms.